The van der Waals surface area contributed by atoms with Crippen molar-refractivity contribution >= 4 is 21.2 Å². The van der Waals surface area contributed by atoms with Crippen molar-refractivity contribution in [3.05, 3.63) is 0 Å². The average molecular weight is 203 g/mol. The fourth-order valence-electron chi connectivity index (χ4n) is 0.361. The predicted octanol–water partition coefficient (Wildman–Crippen LogP) is -1.36. The highest BCUT2D eigenvalue weighted by atomic mass is 32.2. The van der Waals surface area contributed by atoms with Gasteiger partial charge in [0, 0.05) is 6.54 Å². The molecular formula is C3H9NO5S2. The van der Waals surface area contributed by atoms with Crippen molar-refractivity contribution in [3.63, 3.8) is 0 Å². The van der Waals surface area contributed by atoms with Crippen LogP contribution in [0, 0.1) is 0 Å². The zero-order chi connectivity index (χ0) is 8.91. The van der Waals surface area contributed by atoms with Crippen LogP contribution in [0.5, 0.6) is 0 Å². The summed E-state index contributed by atoms with van der Waals surface area (Å²) in [6.07, 6.45) is 0. The van der Waals surface area contributed by atoms with E-state index < -0.39 is 27.0 Å². The highest BCUT2D eigenvalue weighted by Crippen LogP contribution is 1.78. The maximum absolute atomic E-state index is 10.1. The molecule has 11 heavy (non-hydrogen) atoms. The fourth-order valence-corrected chi connectivity index (χ4v) is 1.08. The highest BCUT2D eigenvalue weighted by Gasteiger charge is 2.02. The Bertz CT molecular complexity index is 222. The third-order valence-corrected chi connectivity index (χ3v) is 1.93. The van der Waals surface area contributed by atoms with Gasteiger partial charge >= 0.3 is 0 Å². The number of rotatable bonds is 5. The van der Waals surface area contributed by atoms with E-state index in [-0.39, 0.29) is 12.4 Å². The van der Waals surface area contributed by atoms with E-state index in [0.717, 1.165) is 0 Å². The molecular weight excluding hydrogens is 194 g/mol. The fraction of sp³-hybridized carbons (Fsp3) is 1.00. The Balaban J connectivity index is 3.37. The molecule has 0 aromatic rings. The molecule has 68 valence electrons. The molecule has 8 heteroatoms. The lowest BCUT2D eigenvalue weighted by atomic mass is 10.8. The second-order valence-electron chi connectivity index (χ2n) is 1.75. The van der Waals surface area contributed by atoms with Gasteiger partial charge in [0.15, 0.2) is 11.1 Å². The van der Waals surface area contributed by atoms with Gasteiger partial charge in [-0.05, 0) is 0 Å². The summed E-state index contributed by atoms with van der Waals surface area (Å²) in [7, 11) is -3.97. The Morgan fingerprint density at radius 3 is 2.36 bits per heavy atom. The van der Waals surface area contributed by atoms with E-state index in [0.29, 0.717) is 0 Å². The highest BCUT2D eigenvalue weighted by molar-refractivity contribution is 7.85. The van der Waals surface area contributed by atoms with Crippen LogP contribution in [-0.2, 0) is 21.2 Å². The van der Waals surface area contributed by atoms with Crippen LogP contribution in [0.25, 0.3) is 0 Å². The Morgan fingerprint density at radius 2 is 2.00 bits per heavy atom. The molecule has 0 aromatic heterocycles. The van der Waals surface area contributed by atoms with Crippen molar-refractivity contribution < 1.29 is 21.7 Å². The van der Waals surface area contributed by atoms with Gasteiger partial charge in [-0.2, -0.15) is 8.42 Å². The Kier molecular flexibility index (Phi) is 4.77. The summed E-state index contributed by atoms with van der Waals surface area (Å²) < 4.78 is 46.4. The minimum Gasteiger partial charge on any atom is -0.305 e. The largest absolute Gasteiger partial charge is 0.305 e. The third-order valence-electron chi connectivity index (χ3n) is 0.762. The first-order chi connectivity index (χ1) is 4.92. The Labute approximate surface area is 67.0 Å². The van der Waals surface area contributed by atoms with Crippen LogP contribution < -0.4 is 5.32 Å². The van der Waals surface area contributed by atoms with Crippen molar-refractivity contribution in [1.29, 1.82) is 0 Å². The van der Waals surface area contributed by atoms with Gasteiger partial charge in [-0.25, -0.2) is 4.21 Å². The lowest BCUT2D eigenvalue weighted by Crippen LogP contribution is -2.25. The SMILES string of the molecule is O=S(O)CNCCS(=O)(=O)O. The molecule has 0 saturated carbocycles. The molecule has 0 fully saturated rings. The van der Waals surface area contributed by atoms with Gasteiger partial charge in [0.2, 0.25) is 0 Å². The average Bonchev–Trinajstić information content (AvgIpc) is 1.78. The molecule has 0 bridgehead atoms. The van der Waals surface area contributed by atoms with Gasteiger partial charge in [0.1, 0.15) is 0 Å². The minimum atomic E-state index is -3.97. The lowest BCUT2D eigenvalue weighted by molar-refractivity contribution is 0.481. The summed E-state index contributed by atoms with van der Waals surface area (Å²) in [5.41, 5.74) is 0. The van der Waals surface area contributed by atoms with E-state index >= 15 is 0 Å². The van der Waals surface area contributed by atoms with Gasteiger partial charge in [-0.15, -0.1) is 0 Å². The first-order valence-electron chi connectivity index (χ1n) is 2.65. The molecule has 6 nitrogen and oxygen atoms in total. The smallest absolute Gasteiger partial charge is 0.266 e. The number of hydrogen-bond acceptors (Lipinski definition) is 4. The summed E-state index contributed by atoms with van der Waals surface area (Å²) in [4.78, 5) is 0. The first kappa shape index (κ1) is 11.0. The molecule has 1 unspecified atom stereocenters. The normalized spacial score (nSPS) is 14.7. The molecule has 0 amide bonds. The molecule has 0 spiro atoms. The molecule has 3 N–H and O–H groups in total. The predicted molar refractivity (Wildman–Crippen MR) is 40.1 cm³/mol. The molecule has 0 radical (unpaired) electrons. The molecule has 0 rings (SSSR count). The maximum atomic E-state index is 10.1. The van der Waals surface area contributed by atoms with E-state index in [9.17, 15) is 12.6 Å². The summed E-state index contributed by atoms with van der Waals surface area (Å²) in [6.45, 7) is -0.0366. The van der Waals surface area contributed by atoms with E-state index in [2.05, 4.69) is 5.32 Å². The molecule has 0 heterocycles. The zero-order valence-electron chi connectivity index (χ0n) is 5.56. The monoisotopic (exact) mass is 203 g/mol. The minimum absolute atomic E-state index is 0.0366. The standard InChI is InChI=1S/C3H9NO5S2/c5-10(6)3-4-1-2-11(7,8)9/h4H,1-3H2,(H,5,6)(H,7,8,9). The van der Waals surface area contributed by atoms with E-state index in [1.807, 2.05) is 0 Å². The number of nitrogens with one attached hydrogen (secondary N) is 1. The van der Waals surface area contributed by atoms with Crippen LogP contribution in [0.1, 0.15) is 0 Å². The Hall–Kier alpha value is -0.0200. The van der Waals surface area contributed by atoms with Crippen molar-refractivity contribution in [2.45, 2.75) is 0 Å². The van der Waals surface area contributed by atoms with E-state index in [4.69, 9.17) is 9.11 Å². The quantitative estimate of drug-likeness (QED) is 0.290. The van der Waals surface area contributed by atoms with Gasteiger partial charge < -0.3 is 9.87 Å². The first-order valence-corrected chi connectivity index (χ1v) is 5.53. The Morgan fingerprint density at radius 1 is 1.45 bits per heavy atom. The summed E-state index contributed by atoms with van der Waals surface area (Å²) in [5.74, 6) is -0.653. The van der Waals surface area contributed by atoms with Crippen molar-refractivity contribution in [2.75, 3.05) is 18.2 Å². The van der Waals surface area contributed by atoms with Gasteiger partial charge in [0.25, 0.3) is 10.1 Å². The van der Waals surface area contributed by atoms with Gasteiger partial charge in [-0.1, -0.05) is 0 Å². The molecule has 0 aliphatic carbocycles. The van der Waals surface area contributed by atoms with E-state index in [1.165, 1.54) is 0 Å². The van der Waals surface area contributed by atoms with Crippen LogP contribution in [0.2, 0.25) is 0 Å². The van der Waals surface area contributed by atoms with Gasteiger partial charge in [0.05, 0.1) is 11.6 Å². The van der Waals surface area contributed by atoms with Crippen LogP contribution in [0.3, 0.4) is 0 Å². The van der Waals surface area contributed by atoms with E-state index in [1.54, 1.807) is 0 Å². The summed E-state index contributed by atoms with van der Waals surface area (Å²) in [5, 5.41) is 2.35. The lowest BCUT2D eigenvalue weighted by Gasteiger charge is -1.98. The zero-order valence-corrected chi connectivity index (χ0v) is 7.19. The molecule has 0 aliphatic rings. The van der Waals surface area contributed by atoms with Crippen LogP contribution in [0.4, 0.5) is 0 Å². The van der Waals surface area contributed by atoms with Crippen molar-refractivity contribution in [1.82, 2.24) is 5.32 Å². The van der Waals surface area contributed by atoms with Crippen LogP contribution in [-0.4, -0.2) is 39.9 Å². The number of hydrogen-bond donors (Lipinski definition) is 3. The molecule has 0 saturated heterocycles. The second-order valence-corrected chi connectivity index (χ2v) is 4.26. The molecule has 1 atom stereocenters. The van der Waals surface area contributed by atoms with Gasteiger partial charge in [-0.3, -0.25) is 4.55 Å². The van der Waals surface area contributed by atoms with Crippen LogP contribution in [0.15, 0.2) is 0 Å². The van der Waals surface area contributed by atoms with Crippen molar-refractivity contribution in [2.24, 2.45) is 0 Å². The summed E-state index contributed by atoms with van der Waals surface area (Å²) >= 11 is -1.98. The molecule has 0 aliphatic heterocycles. The maximum Gasteiger partial charge on any atom is 0.266 e. The summed E-state index contributed by atoms with van der Waals surface area (Å²) in [6, 6.07) is 0. The third kappa shape index (κ3) is 9.98. The second kappa shape index (κ2) is 4.78. The molecule has 0 aromatic carbocycles. The van der Waals surface area contributed by atoms with Crippen molar-refractivity contribution in [3.8, 4) is 0 Å². The topological polar surface area (TPSA) is 104 Å². The van der Waals surface area contributed by atoms with Crippen LogP contribution >= 0.6 is 0 Å².